The molecule has 0 aromatic carbocycles. The van der Waals surface area contributed by atoms with Crippen molar-refractivity contribution in [3.05, 3.63) is 0 Å². The Bertz CT molecular complexity index is 314. The summed E-state index contributed by atoms with van der Waals surface area (Å²) in [5, 5.41) is 9.65. The van der Waals surface area contributed by atoms with Crippen LogP contribution >= 0.6 is 0 Å². The number of ether oxygens (including phenoxy) is 2. The number of aliphatic hydroxyl groups excluding tert-OH is 1. The first kappa shape index (κ1) is 13.8. The predicted octanol–water partition coefficient (Wildman–Crippen LogP) is -0.436. The van der Waals surface area contributed by atoms with E-state index in [1.165, 1.54) is 7.11 Å². The van der Waals surface area contributed by atoms with Crippen LogP contribution in [0.25, 0.3) is 0 Å². The molecule has 0 aliphatic carbocycles. The van der Waals surface area contributed by atoms with Crippen molar-refractivity contribution in [1.29, 1.82) is 0 Å². The topological polar surface area (TPSA) is 102 Å². The highest BCUT2D eigenvalue weighted by Crippen LogP contribution is 2.26. The Balaban J connectivity index is 2.51. The van der Waals surface area contributed by atoms with E-state index in [2.05, 4.69) is 4.18 Å². The highest BCUT2D eigenvalue weighted by molar-refractivity contribution is 7.80. The highest BCUT2D eigenvalue weighted by atomic mass is 32.3. The molecule has 0 spiro atoms. The molecule has 1 aliphatic heterocycles. The lowest BCUT2D eigenvalue weighted by Crippen LogP contribution is -2.45. The molecule has 8 heteroatoms. The minimum Gasteiger partial charge on any atom is -0.393 e. The van der Waals surface area contributed by atoms with Crippen LogP contribution in [0, 0.1) is 5.92 Å². The Morgan fingerprint density at radius 3 is 2.62 bits per heavy atom. The molecule has 0 radical (unpaired) electrons. The smallest absolute Gasteiger partial charge is 0.393 e. The number of rotatable bonds is 4. The van der Waals surface area contributed by atoms with Gasteiger partial charge in [0.2, 0.25) is 0 Å². The SMILES string of the molecule is CO[C@H]1OC(COS(=O)(=O)O)C[C@@H](O)C1C. The molecule has 0 aromatic rings. The number of hydrogen-bond acceptors (Lipinski definition) is 6. The van der Waals surface area contributed by atoms with E-state index in [9.17, 15) is 13.5 Å². The van der Waals surface area contributed by atoms with E-state index in [-0.39, 0.29) is 18.9 Å². The summed E-state index contributed by atoms with van der Waals surface area (Å²) >= 11 is 0. The van der Waals surface area contributed by atoms with Crippen molar-refractivity contribution in [2.24, 2.45) is 5.92 Å². The Kier molecular flexibility index (Phi) is 4.65. The minimum absolute atomic E-state index is 0.202. The van der Waals surface area contributed by atoms with Gasteiger partial charge in [0.05, 0.1) is 18.8 Å². The lowest BCUT2D eigenvalue weighted by molar-refractivity contribution is -0.237. The zero-order chi connectivity index (χ0) is 12.3. The number of hydrogen-bond donors (Lipinski definition) is 2. The van der Waals surface area contributed by atoms with Crippen molar-refractivity contribution in [2.45, 2.75) is 31.8 Å². The van der Waals surface area contributed by atoms with Crippen molar-refractivity contribution < 1.29 is 31.7 Å². The molecule has 4 atom stereocenters. The highest BCUT2D eigenvalue weighted by Gasteiger charge is 2.35. The Morgan fingerprint density at radius 2 is 2.12 bits per heavy atom. The van der Waals surface area contributed by atoms with Gasteiger partial charge in [-0.25, -0.2) is 4.18 Å². The Hall–Kier alpha value is -0.250. The normalized spacial score (nSPS) is 36.2. The van der Waals surface area contributed by atoms with Crippen molar-refractivity contribution in [3.8, 4) is 0 Å². The van der Waals surface area contributed by atoms with Crippen LogP contribution in [-0.4, -0.2) is 50.3 Å². The third-order valence-electron chi connectivity index (χ3n) is 2.50. The molecule has 16 heavy (non-hydrogen) atoms. The molecule has 1 aliphatic rings. The van der Waals surface area contributed by atoms with E-state index in [0.29, 0.717) is 0 Å². The summed E-state index contributed by atoms with van der Waals surface area (Å²) in [4.78, 5) is 0. The molecule has 2 unspecified atom stereocenters. The molecule has 0 aromatic heterocycles. The molecule has 7 nitrogen and oxygen atoms in total. The molecule has 1 heterocycles. The van der Waals surface area contributed by atoms with Gasteiger partial charge in [0.25, 0.3) is 0 Å². The van der Waals surface area contributed by atoms with E-state index in [4.69, 9.17) is 14.0 Å². The molecule has 0 amide bonds. The monoisotopic (exact) mass is 256 g/mol. The zero-order valence-electron chi connectivity index (χ0n) is 9.07. The number of methoxy groups -OCH3 is 1. The van der Waals surface area contributed by atoms with Gasteiger partial charge in [-0.3, -0.25) is 4.55 Å². The molecular weight excluding hydrogens is 240 g/mol. The first-order valence-corrected chi connectivity index (χ1v) is 6.18. The fourth-order valence-corrected chi connectivity index (χ4v) is 1.90. The maximum absolute atomic E-state index is 10.4. The molecule has 1 saturated heterocycles. The molecular formula is C8H16O7S. The second kappa shape index (κ2) is 5.39. The van der Waals surface area contributed by atoms with Crippen LogP contribution in [0.15, 0.2) is 0 Å². The van der Waals surface area contributed by atoms with Crippen LogP contribution in [0.4, 0.5) is 0 Å². The maximum Gasteiger partial charge on any atom is 0.397 e. The van der Waals surface area contributed by atoms with Crippen molar-refractivity contribution in [2.75, 3.05) is 13.7 Å². The van der Waals surface area contributed by atoms with Crippen LogP contribution < -0.4 is 0 Å². The Labute approximate surface area is 94.3 Å². The minimum atomic E-state index is -4.48. The van der Waals surface area contributed by atoms with Crippen molar-refractivity contribution in [1.82, 2.24) is 0 Å². The number of aliphatic hydroxyl groups is 1. The van der Waals surface area contributed by atoms with Crippen molar-refractivity contribution in [3.63, 3.8) is 0 Å². The third-order valence-corrected chi connectivity index (χ3v) is 2.94. The van der Waals surface area contributed by atoms with Crippen LogP contribution in [-0.2, 0) is 24.1 Å². The van der Waals surface area contributed by atoms with Gasteiger partial charge in [-0.05, 0) is 0 Å². The molecule has 1 rings (SSSR count). The first-order chi connectivity index (χ1) is 7.33. The summed E-state index contributed by atoms with van der Waals surface area (Å²) in [6.45, 7) is 1.42. The summed E-state index contributed by atoms with van der Waals surface area (Å²) in [7, 11) is -3.05. The maximum atomic E-state index is 10.4. The van der Waals surface area contributed by atoms with Gasteiger partial charge in [0, 0.05) is 19.4 Å². The summed E-state index contributed by atoms with van der Waals surface area (Å²) in [6, 6.07) is 0. The summed E-state index contributed by atoms with van der Waals surface area (Å²) in [5.41, 5.74) is 0. The first-order valence-electron chi connectivity index (χ1n) is 4.81. The van der Waals surface area contributed by atoms with E-state index < -0.39 is 28.9 Å². The largest absolute Gasteiger partial charge is 0.397 e. The van der Waals surface area contributed by atoms with E-state index in [1.807, 2.05) is 0 Å². The van der Waals surface area contributed by atoms with Crippen LogP contribution in [0.2, 0.25) is 0 Å². The van der Waals surface area contributed by atoms with Gasteiger partial charge >= 0.3 is 10.4 Å². The summed E-state index contributed by atoms with van der Waals surface area (Å²) < 4.78 is 43.6. The van der Waals surface area contributed by atoms with E-state index >= 15 is 0 Å². The standard InChI is InChI=1S/C8H16O7S/c1-5-7(9)3-6(15-8(5)13-2)4-14-16(10,11)12/h5-9H,3-4H2,1-2H3,(H,10,11,12)/t5?,6?,7-,8+/m1/s1. The van der Waals surface area contributed by atoms with Gasteiger partial charge in [-0.15, -0.1) is 0 Å². The van der Waals surface area contributed by atoms with Crippen LogP contribution in [0.3, 0.4) is 0 Å². The average molecular weight is 256 g/mol. The summed E-state index contributed by atoms with van der Waals surface area (Å²) in [5.74, 6) is -0.202. The quantitative estimate of drug-likeness (QED) is 0.657. The lowest BCUT2D eigenvalue weighted by atomic mass is 9.95. The second-order valence-corrected chi connectivity index (χ2v) is 4.83. The van der Waals surface area contributed by atoms with Crippen LogP contribution in [0.1, 0.15) is 13.3 Å². The van der Waals surface area contributed by atoms with E-state index in [1.54, 1.807) is 6.92 Å². The Morgan fingerprint density at radius 1 is 1.50 bits per heavy atom. The zero-order valence-corrected chi connectivity index (χ0v) is 9.88. The molecule has 0 saturated carbocycles. The fraction of sp³-hybridized carbons (Fsp3) is 1.00. The second-order valence-electron chi connectivity index (χ2n) is 3.74. The van der Waals surface area contributed by atoms with Gasteiger partial charge < -0.3 is 14.6 Å². The predicted molar refractivity (Wildman–Crippen MR) is 53.0 cm³/mol. The fourth-order valence-electron chi connectivity index (χ4n) is 1.57. The third kappa shape index (κ3) is 3.96. The molecule has 1 fully saturated rings. The molecule has 96 valence electrons. The average Bonchev–Trinajstić information content (AvgIpc) is 2.18. The van der Waals surface area contributed by atoms with Gasteiger partial charge in [-0.1, -0.05) is 6.92 Å². The van der Waals surface area contributed by atoms with Crippen LogP contribution in [0.5, 0.6) is 0 Å². The van der Waals surface area contributed by atoms with Crippen molar-refractivity contribution >= 4 is 10.4 Å². The molecule has 2 N–H and O–H groups in total. The van der Waals surface area contributed by atoms with Gasteiger partial charge in [0.1, 0.15) is 0 Å². The van der Waals surface area contributed by atoms with E-state index in [0.717, 1.165) is 0 Å². The summed E-state index contributed by atoms with van der Waals surface area (Å²) in [6.07, 6.45) is -1.66. The van der Waals surface area contributed by atoms with Gasteiger partial charge in [-0.2, -0.15) is 8.42 Å². The molecule has 0 bridgehead atoms. The van der Waals surface area contributed by atoms with Gasteiger partial charge in [0.15, 0.2) is 6.29 Å². The lowest BCUT2D eigenvalue weighted by Gasteiger charge is -2.36.